The number of hydrogen-bond donors (Lipinski definition) is 1. The Kier molecular flexibility index (Phi) is 6.65. The Labute approximate surface area is 229 Å². The molecular weight excluding hydrogens is 554 g/mol. The maximum absolute atomic E-state index is 15.1. The van der Waals surface area contributed by atoms with Gasteiger partial charge in [-0.2, -0.15) is 18.3 Å². The number of carbonyl (C=O) groups is 1. The Morgan fingerprint density at radius 1 is 1.12 bits per heavy atom. The van der Waals surface area contributed by atoms with Gasteiger partial charge in [0.15, 0.2) is 5.69 Å². The second-order valence-electron chi connectivity index (χ2n) is 9.83. The average Bonchev–Trinajstić information content (AvgIpc) is 3.49. The van der Waals surface area contributed by atoms with Crippen molar-refractivity contribution in [1.29, 1.82) is 0 Å². The van der Waals surface area contributed by atoms with Crippen molar-refractivity contribution in [3.63, 3.8) is 0 Å². The van der Waals surface area contributed by atoms with Gasteiger partial charge in [0, 0.05) is 47.8 Å². The summed E-state index contributed by atoms with van der Waals surface area (Å²) in [6.45, 7) is 6.97. The molecule has 0 atom stereocenters. The molecule has 0 saturated carbocycles. The van der Waals surface area contributed by atoms with E-state index in [0.717, 1.165) is 16.9 Å². The van der Waals surface area contributed by atoms with Crippen LogP contribution in [0.5, 0.6) is 0 Å². The molecule has 0 aliphatic rings. The highest BCUT2D eigenvalue weighted by Gasteiger charge is 2.34. The summed E-state index contributed by atoms with van der Waals surface area (Å²) in [5.41, 5.74) is -0.356. The zero-order valence-corrected chi connectivity index (χ0v) is 22.4. The van der Waals surface area contributed by atoms with Gasteiger partial charge in [-0.3, -0.25) is 4.90 Å². The SMILES string of the molecule is CCN(C(=O)OC(C)(C)C)c1cc(F)cc2c1[nH]c1ncc(-c3cnc(Cl)nc3)c(-n3ccc(C(F)(F)F)n3)c12. The predicted molar refractivity (Wildman–Crippen MR) is 141 cm³/mol. The number of nitrogens with zero attached hydrogens (tertiary/aromatic N) is 6. The van der Waals surface area contributed by atoms with Crippen LogP contribution in [0.4, 0.5) is 28.0 Å². The Morgan fingerprint density at radius 3 is 2.42 bits per heavy atom. The van der Waals surface area contributed by atoms with Crippen molar-refractivity contribution in [2.24, 2.45) is 0 Å². The third-order valence-corrected chi connectivity index (χ3v) is 6.10. The minimum absolute atomic E-state index is 0.0293. The minimum Gasteiger partial charge on any atom is -0.443 e. The number of amides is 1. The number of hydrogen-bond acceptors (Lipinski definition) is 6. The first-order chi connectivity index (χ1) is 18.8. The molecule has 0 unspecified atom stereocenters. The van der Waals surface area contributed by atoms with E-state index in [1.165, 1.54) is 35.6 Å². The molecule has 0 bridgehead atoms. The number of carbonyl (C=O) groups excluding carboxylic acids is 1. The van der Waals surface area contributed by atoms with E-state index in [4.69, 9.17) is 16.3 Å². The molecule has 5 aromatic rings. The molecule has 40 heavy (non-hydrogen) atoms. The van der Waals surface area contributed by atoms with Crippen LogP contribution in [0, 0.1) is 5.82 Å². The molecule has 1 aromatic carbocycles. The largest absolute Gasteiger partial charge is 0.443 e. The van der Waals surface area contributed by atoms with Crippen LogP contribution in [0.3, 0.4) is 0 Å². The number of rotatable bonds is 4. The standard InChI is InChI=1S/C26H22ClF4N7O2/c1-5-37(24(39)40-25(2,3)4)17-9-14(28)8-15-19-21(38-7-6-18(36-38)26(29,30)31)16(12-32-22(19)35-20(15)17)13-10-33-23(27)34-11-13/h6-12H,5H2,1-4H3,(H,32,35). The first-order valence-electron chi connectivity index (χ1n) is 12.0. The first kappa shape index (κ1) is 27.3. The number of fused-ring (bicyclic) bond motifs is 3. The Bertz CT molecular complexity index is 1740. The van der Waals surface area contributed by atoms with Crippen LogP contribution in [-0.2, 0) is 10.9 Å². The van der Waals surface area contributed by atoms with E-state index in [9.17, 15) is 18.0 Å². The number of alkyl halides is 3. The van der Waals surface area contributed by atoms with Crippen LogP contribution in [0.1, 0.15) is 33.4 Å². The van der Waals surface area contributed by atoms with Crippen LogP contribution < -0.4 is 4.90 Å². The van der Waals surface area contributed by atoms with E-state index in [1.807, 2.05) is 0 Å². The lowest BCUT2D eigenvalue weighted by molar-refractivity contribution is -0.141. The van der Waals surface area contributed by atoms with E-state index in [1.54, 1.807) is 27.7 Å². The topological polar surface area (TPSA) is 102 Å². The average molecular weight is 576 g/mol. The smallest absolute Gasteiger partial charge is 0.435 e. The quantitative estimate of drug-likeness (QED) is 0.184. The number of halogens is 5. The summed E-state index contributed by atoms with van der Waals surface area (Å²) in [6.07, 6.45) is -0.0629. The number of ether oxygens (including phenoxy) is 1. The maximum Gasteiger partial charge on any atom is 0.435 e. The fourth-order valence-electron chi connectivity index (χ4n) is 4.32. The maximum atomic E-state index is 15.1. The number of anilines is 1. The van der Waals surface area contributed by atoms with Crippen LogP contribution in [-0.4, -0.2) is 48.0 Å². The molecule has 208 valence electrons. The molecule has 5 rings (SSSR count). The molecule has 14 heteroatoms. The lowest BCUT2D eigenvalue weighted by Gasteiger charge is -2.27. The van der Waals surface area contributed by atoms with Gasteiger partial charge in [0.05, 0.1) is 22.3 Å². The predicted octanol–water partition coefficient (Wildman–Crippen LogP) is 6.93. The fraction of sp³-hybridized carbons (Fsp3) is 0.269. The molecular formula is C26H22ClF4N7O2. The molecule has 0 saturated heterocycles. The number of aromatic nitrogens is 6. The Hall–Kier alpha value is -4.26. The van der Waals surface area contributed by atoms with E-state index in [2.05, 4.69) is 25.0 Å². The number of nitrogens with one attached hydrogen (secondary N) is 1. The highest BCUT2D eigenvalue weighted by atomic mass is 35.5. The molecule has 0 aliphatic heterocycles. The van der Waals surface area contributed by atoms with Crippen molar-refractivity contribution < 1.29 is 27.1 Å². The van der Waals surface area contributed by atoms with Crippen LogP contribution in [0.25, 0.3) is 38.8 Å². The van der Waals surface area contributed by atoms with Gasteiger partial charge in [-0.05, 0) is 57.5 Å². The lowest BCUT2D eigenvalue weighted by Crippen LogP contribution is -2.37. The van der Waals surface area contributed by atoms with Gasteiger partial charge >= 0.3 is 12.3 Å². The summed E-state index contributed by atoms with van der Waals surface area (Å²) in [5, 5.41) is 4.26. The lowest BCUT2D eigenvalue weighted by atomic mass is 10.0. The summed E-state index contributed by atoms with van der Waals surface area (Å²) in [6, 6.07) is 3.22. The molecule has 1 N–H and O–H groups in total. The van der Waals surface area contributed by atoms with E-state index < -0.39 is 29.4 Å². The summed E-state index contributed by atoms with van der Waals surface area (Å²) >= 11 is 5.84. The van der Waals surface area contributed by atoms with E-state index in [-0.39, 0.29) is 39.6 Å². The second-order valence-corrected chi connectivity index (χ2v) is 10.2. The Balaban J connectivity index is 1.83. The fourth-order valence-corrected chi connectivity index (χ4v) is 4.42. The van der Waals surface area contributed by atoms with Gasteiger partial charge in [-0.25, -0.2) is 28.8 Å². The number of H-pyrrole nitrogens is 1. The van der Waals surface area contributed by atoms with Crippen molar-refractivity contribution in [2.45, 2.75) is 39.5 Å². The molecule has 0 spiro atoms. The summed E-state index contributed by atoms with van der Waals surface area (Å²) in [5.74, 6) is -0.687. The molecule has 4 aromatic heterocycles. The van der Waals surface area contributed by atoms with Crippen LogP contribution >= 0.6 is 11.6 Å². The zero-order valence-electron chi connectivity index (χ0n) is 21.6. The van der Waals surface area contributed by atoms with Crippen molar-refractivity contribution in [3.05, 3.63) is 59.8 Å². The van der Waals surface area contributed by atoms with Crippen LogP contribution in [0.2, 0.25) is 5.28 Å². The number of aromatic amines is 1. The molecule has 1 amide bonds. The van der Waals surface area contributed by atoms with Crippen molar-refractivity contribution in [3.8, 4) is 16.8 Å². The van der Waals surface area contributed by atoms with Gasteiger partial charge in [0.25, 0.3) is 0 Å². The normalized spacial score (nSPS) is 12.3. The highest BCUT2D eigenvalue weighted by molar-refractivity contribution is 6.28. The molecule has 0 aliphatic carbocycles. The molecule has 4 heterocycles. The summed E-state index contributed by atoms with van der Waals surface area (Å²) in [7, 11) is 0. The first-order valence-corrected chi connectivity index (χ1v) is 12.4. The van der Waals surface area contributed by atoms with Gasteiger partial charge < -0.3 is 9.72 Å². The number of benzene rings is 1. The second kappa shape index (κ2) is 9.73. The van der Waals surface area contributed by atoms with Crippen molar-refractivity contribution in [2.75, 3.05) is 11.4 Å². The third kappa shape index (κ3) is 5.04. The monoisotopic (exact) mass is 575 g/mol. The third-order valence-electron chi connectivity index (χ3n) is 5.91. The van der Waals surface area contributed by atoms with Gasteiger partial charge in [-0.15, -0.1) is 0 Å². The minimum atomic E-state index is -4.70. The Morgan fingerprint density at radius 2 is 1.82 bits per heavy atom. The van der Waals surface area contributed by atoms with Gasteiger partial charge in [-0.1, -0.05) is 0 Å². The van der Waals surface area contributed by atoms with E-state index >= 15 is 4.39 Å². The van der Waals surface area contributed by atoms with E-state index in [0.29, 0.717) is 16.6 Å². The molecule has 0 radical (unpaired) electrons. The number of pyridine rings is 1. The molecule has 9 nitrogen and oxygen atoms in total. The zero-order chi connectivity index (χ0) is 29.0. The highest BCUT2D eigenvalue weighted by Crippen LogP contribution is 2.40. The summed E-state index contributed by atoms with van der Waals surface area (Å²) < 4.78 is 62.2. The van der Waals surface area contributed by atoms with Gasteiger partial charge in [0.1, 0.15) is 17.1 Å². The molecule has 0 fully saturated rings. The van der Waals surface area contributed by atoms with Crippen molar-refractivity contribution >= 4 is 45.3 Å². The van der Waals surface area contributed by atoms with Gasteiger partial charge in [0.2, 0.25) is 5.28 Å². The summed E-state index contributed by atoms with van der Waals surface area (Å²) in [4.78, 5) is 29.8. The van der Waals surface area contributed by atoms with Crippen LogP contribution in [0.15, 0.2) is 43.0 Å². The van der Waals surface area contributed by atoms with Crippen molar-refractivity contribution in [1.82, 2.24) is 29.7 Å².